The molecule has 1 aromatic heterocycles. The summed E-state index contributed by atoms with van der Waals surface area (Å²) in [4.78, 5) is 18.9. The number of carbonyl (C=O) groups excluding carboxylic acids is 1. The summed E-state index contributed by atoms with van der Waals surface area (Å²) in [5.74, 6) is 1.37. The zero-order valence-corrected chi connectivity index (χ0v) is 15.1. The normalized spacial score (nSPS) is 29.5. The summed E-state index contributed by atoms with van der Waals surface area (Å²) in [6, 6.07) is 5.62. The van der Waals surface area contributed by atoms with E-state index in [9.17, 15) is 9.90 Å². The molecule has 2 amide bonds. The number of amides is 2. The first-order valence-electron chi connectivity index (χ1n) is 9.31. The number of nitrogens with one attached hydrogen (secondary N) is 1. The van der Waals surface area contributed by atoms with E-state index in [0.29, 0.717) is 18.3 Å². The minimum atomic E-state index is -0.283. The predicted molar refractivity (Wildman–Crippen MR) is 95.3 cm³/mol. The molecule has 1 aromatic rings. The Balaban J connectivity index is 1.60. The number of hydrogen-bond donors (Lipinski definition) is 2. The van der Waals surface area contributed by atoms with Gasteiger partial charge in [0, 0.05) is 24.6 Å². The van der Waals surface area contributed by atoms with Crippen molar-refractivity contribution in [3.63, 3.8) is 0 Å². The molecule has 0 radical (unpaired) electrons. The number of ether oxygens (including phenoxy) is 1. The molecule has 6 heteroatoms. The number of pyridine rings is 1. The average molecular weight is 347 g/mol. The van der Waals surface area contributed by atoms with E-state index in [0.717, 1.165) is 44.3 Å². The highest BCUT2D eigenvalue weighted by atomic mass is 16.5. The zero-order valence-electron chi connectivity index (χ0n) is 15.1. The molecule has 138 valence electrons. The third-order valence-corrected chi connectivity index (χ3v) is 5.59. The van der Waals surface area contributed by atoms with Crippen molar-refractivity contribution in [1.82, 2.24) is 15.2 Å². The van der Waals surface area contributed by atoms with Crippen LogP contribution in [0.3, 0.4) is 0 Å². The van der Waals surface area contributed by atoms with Gasteiger partial charge in [-0.05, 0) is 44.1 Å². The van der Waals surface area contributed by atoms with Gasteiger partial charge in [-0.1, -0.05) is 13.0 Å². The molecular formula is C19H29N3O3. The van der Waals surface area contributed by atoms with Crippen LogP contribution in [0, 0.1) is 11.8 Å². The van der Waals surface area contributed by atoms with E-state index in [4.69, 9.17) is 4.74 Å². The quantitative estimate of drug-likeness (QED) is 0.878. The van der Waals surface area contributed by atoms with Crippen molar-refractivity contribution in [3.8, 4) is 5.88 Å². The van der Waals surface area contributed by atoms with E-state index in [2.05, 4.69) is 17.2 Å². The Labute approximate surface area is 149 Å². The second-order valence-electron chi connectivity index (χ2n) is 7.38. The van der Waals surface area contributed by atoms with Gasteiger partial charge in [-0.3, -0.25) is 0 Å². The van der Waals surface area contributed by atoms with Gasteiger partial charge in [0.25, 0.3) is 0 Å². The maximum absolute atomic E-state index is 12.7. The number of carbonyl (C=O) groups is 1. The monoisotopic (exact) mass is 347 g/mol. The average Bonchev–Trinajstić information content (AvgIpc) is 3.11. The van der Waals surface area contributed by atoms with Crippen molar-refractivity contribution < 1.29 is 14.6 Å². The van der Waals surface area contributed by atoms with E-state index in [1.165, 1.54) is 0 Å². The summed E-state index contributed by atoms with van der Waals surface area (Å²) in [6.45, 7) is 3.38. The summed E-state index contributed by atoms with van der Waals surface area (Å²) in [5, 5.41) is 13.4. The van der Waals surface area contributed by atoms with Crippen LogP contribution >= 0.6 is 0 Å². The molecule has 6 nitrogen and oxygen atoms in total. The number of likely N-dealkylation sites (tertiary alicyclic amines) is 1. The number of nitrogens with zero attached hydrogens (tertiary/aromatic N) is 2. The van der Waals surface area contributed by atoms with Gasteiger partial charge in [-0.2, -0.15) is 0 Å². The van der Waals surface area contributed by atoms with Crippen LogP contribution in [-0.2, 0) is 6.54 Å². The molecule has 0 bridgehead atoms. The number of methoxy groups -OCH3 is 1. The van der Waals surface area contributed by atoms with Gasteiger partial charge in [-0.25, -0.2) is 9.78 Å². The topological polar surface area (TPSA) is 74.7 Å². The molecule has 0 spiro atoms. The molecule has 2 fully saturated rings. The van der Waals surface area contributed by atoms with Gasteiger partial charge >= 0.3 is 6.03 Å². The second kappa shape index (κ2) is 8.04. The van der Waals surface area contributed by atoms with Crippen LogP contribution in [-0.4, -0.2) is 46.8 Å². The molecule has 2 N–H and O–H groups in total. The highest BCUT2D eigenvalue weighted by Crippen LogP contribution is 2.37. The number of urea groups is 1. The lowest BCUT2D eigenvalue weighted by Gasteiger charge is -2.39. The van der Waals surface area contributed by atoms with E-state index in [1.807, 2.05) is 17.0 Å². The number of hydrogen-bond acceptors (Lipinski definition) is 4. The first kappa shape index (κ1) is 18.0. The van der Waals surface area contributed by atoms with Crippen molar-refractivity contribution in [2.75, 3.05) is 13.7 Å². The van der Waals surface area contributed by atoms with Gasteiger partial charge in [-0.15, -0.1) is 0 Å². The summed E-state index contributed by atoms with van der Waals surface area (Å²) in [5.41, 5.74) is 0.773. The number of rotatable bonds is 4. The lowest BCUT2D eigenvalue weighted by molar-refractivity contribution is 0.0153. The molecule has 1 aliphatic carbocycles. The van der Waals surface area contributed by atoms with E-state index >= 15 is 0 Å². The molecule has 1 saturated carbocycles. The largest absolute Gasteiger partial charge is 0.481 e. The summed E-state index contributed by atoms with van der Waals surface area (Å²) >= 11 is 0. The predicted octanol–water partition coefficient (Wildman–Crippen LogP) is 2.56. The lowest BCUT2D eigenvalue weighted by atomic mass is 9.76. The Hall–Kier alpha value is -1.82. The maximum atomic E-state index is 12.7. The summed E-state index contributed by atoms with van der Waals surface area (Å²) in [7, 11) is 1.58. The summed E-state index contributed by atoms with van der Waals surface area (Å²) < 4.78 is 5.12. The maximum Gasteiger partial charge on any atom is 0.317 e. The molecule has 1 saturated heterocycles. The van der Waals surface area contributed by atoms with Crippen LogP contribution in [0.25, 0.3) is 0 Å². The van der Waals surface area contributed by atoms with Crippen LogP contribution in [0.1, 0.15) is 44.7 Å². The highest BCUT2D eigenvalue weighted by Gasteiger charge is 2.40. The van der Waals surface area contributed by atoms with Crippen molar-refractivity contribution in [2.45, 2.75) is 57.7 Å². The molecule has 0 aromatic carbocycles. The first-order chi connectivity index (χ1) is 12.1. The minimum absolute atomic E-state index is 0.0578. The van der Waals surface area contributed by atoms with Crippen LogP contribution in [0.15, 0.2) is 18.2 Å². The van der Waals surface area contributed by atoms with Gasteiger partial charge in [0.15, 0.2) is 0 Å². The molecule has 0 unspecified atom stereocenters. The fourth-order valence-corrected chi connectivity index (χ4v) is 4.25. The third-order valence-electron chi connectivity index (χ3n) is 5.59. The van der Waals surface area contributed by atoms with Gasteiger partial charge in [0.1, 0.15) is 0 Å². The Morgan fingerprint density at radius 1 is 1.40 bits per heavy atom. The molecule has 2 aliphatic rings. The van der Waals surface area contributed by atoms with Gasteiger partial charge in [0.2, 0.25) is 5.88 Å². The number of aliphatic hydroxyl groups is 1. The van der Waals surface area contributed by atoms with Gasteiger partial charge < -0.3 is 20.1 Å². The zero-order chi connectivity index (χ0) is 17.8. The molecule has 2 heterocycles. The lowest BCUT2D eigenvalue weighted by Crippen LogP contribution is -2.49. The van der Waals surface area contributed by atoms with Crippen molar-refractivity contribution in [2.24, 2.45) is 11.8 Å². The second-order valence-corrected chi connectivity index (χ2v) is 7.38. The van der Waals surface area contributed by atoms with Crippen LogP contribution in [0.5, 0.6) is 5.88 Å². The van der Waals surface area contributed by atoms with Crippen LogP contribution in [0.2, 0.25) is 0 Å². The van der Waals surface area contributed by atoms with E-state index < -0.39 is 0 Å². The molecule has 1 aliphatic heterocycles. The molecular weight excluding hydrogens is 318 g/mol. The fraction of sp³-hybridized carbons (Fsp3) is 0.684. The Bertz CT molecular complexity index is 595. The molecule has 4 atom stereocenters. The fourth-order valence-electron chi connectivity index (χ4n) is 4.25. The van der Waals surface area contributed by atoms with Crippen LogP contribution < -0.4 is 10.1 Å². The molecule has 25 heavy (non-hydrogen) atoms. The highest BCUT2D eigenvalue weighted by molar-refractivity contribution is 5.74. The SMILES string of the molecule is COc1cccc(CNC(=O)N2CCC[C@@H]2[C@@H]2C[C@@H](C)CC[C@@H]2O)n1. The smallest absolute Gasteiger partial charge is 0.317 e. The number of aromatic nitrogens is 1. The van der Waals surface area contributed by atoms with Crippen molar-refractivity contribution in [1.29, 1.82) is 0 Å². The van der Waals surface area contributed by atoms with Gasteiger partial charge in [0.05, 0.1) is 25.5 Å². The van der Waals surface area contributed by atoms with Crippen molar-refractivity contribution >= 4 is 6.03 Å². The summed E-state index contributed by atoms with van der Waals surface area (Å²) in [6.07, 6.45) is 4.65. The van der Waals surface area contributed by atoms with Crippen molar-refractivity contribution in [3.05, 3.63) is 23.9 Å². The Morgan fingerprint density at radius 3 is 3.04 bits per heavy atom. The first-order valence-corrected chi connectivity index (χ1v) is 9.31. The van der Waals surface area contributed by atoms with E-state index in [1.54, 1.807) is 13.2 Å². The number of aliphatic hydroxyl groups excluding tert-OH is 1. The Morgan fingerprint density at radius 2 is 2.24 bits per heavy atom. The third kappa shape index (κ3) is 4.24. The molecule has 3 rings (SSSR count). The Kier molecular flexibility index (Phi) is 5.78. The van der Waals surface area contributed by atoms with Crippen LogP contribution in [0.4, 0.5) is 4.79 Å². The standard InChI is InChI=1S/C19H29N3O3/c1-13-8-9-17(23)15(11-13)16-6-4-10-22(16)19(24)20-12-14-5-3-7-18(21-14)25-2/h3,5,7,13,15-17,23H,4,6,8-12H2,1-2H3,(H,20,24)/t13-,15-,16+,17-/m0/s1. The van der Waals surface area contributed by atoms with E-state index in [-0.39, 0.29) is 24.1 Å². The minimum Gasteiger partial charge on any atom is -0.481 e.